The predicted molar refractivity (Wildman–Crippen MR) is 80.4 cm³/mol. The van der Waals surface area contributed by atoms with E-state index in [4.69, 9.17) is 23.2 Å². The normalized spacial score (nSPS) is 11.1. The third-order valence-electron chi connectivity index (χ3n) is 2.46. The number of benzene rings is 2. The number of hydrogen-bond acceptors (Lipinski definition) is 4. The molecule has 0 radical (unpaired) electrons. The average molecular weight is 347 g/mol. The van der Waals surface area contributed by atoms with Gasteiger partial charge >= 0.3 is 0 Å². The van der Waals surface area contributed by atoms with Gasteiger partial charge < -0.3 is 0 Å². The van der Waals surface area contributed by atoms with Crippen LogP contribution >= 0.6 is 23.2 Å². The Morgan fingerprint density at radius 1 is 1.05 bits per heavy atom. The predicted octanol–water partition coefficient (Wildman–Crippen LogP) is 3.70. The third-order valence-corrected chi connectivity index (χ3v) is 4.25. The van der Waals surface area contributed by atoms with Gasteiger partial charge in [-0.3, -0.25) is 14.8 Å². The summed E-state index contributed by atoms with van der Waals surface area (Å²) in [4.78, 5) is 9.92. The molecule has 0 unspecified atom stereocenters. The standard InChI is InChI=1S/C12H8Cl2N2O4S/c13-8-4-9(14)6-12(5-8)21(19,20)15-10-2-1-3-11(7-10)16(17)18/h1-7,15H. The van der Waals surface area contributed by atoms with Gasteiger partial charge in [0.1, 0.15) is 0 Å². The molecule has 0 bridgehead atoms. The van der Waals surface area contributed by atoms with Crippen LogP contribution in [0.25, 0.3) is 0 Å². The lowest BCUT2D eigenvalue weighted by molar-refractivity contribution is -0.384. The highest BCUT2D eigenvalue weighted by Crippen LogP contribution is 2.25. The van der Waals surface area contributed by atoms with Crippen molar-refractivity contribution in [3.8, 4) is 0 Å². The zero-order valence-corrected chi connectivity index (χ0v) is 12.6. The molecule has 0 spiro atoms. The van der Waals surface area contributed by atoms with Crippen molar-refractivity contribution in [1.82, 2.24) is 0 Å². The first kappa shape index (κ1) is 15.6. The summed E-state index contributed by atoms with van der Waals surface area (Å²) in [5.41, 5.74) is -0.153. The molecule has 0 saturated carbocycles. The SMILES string of the molecule is O=[N+]([O-])c1cccc(NS(=O)(=O)c2cc(Cl)cc(Cl)c2)c1. The summed E-state index contributed by atoms with van der Waals surface area (Å²) in [5.74, 6) is 0. The van der Waals surface area contributed by atoms with Gasteiger partial charge in [-0.2, -0.15) is 0 Å². The molecule has 1 N–H and O–H groups in total. The van der Waals surface area contributed by atoms with Gasteiger partial charge in [0.25, 0.3) is 15.7 Å². The third kappa shape index (κ3) is 3.84. The van der Waals surface area contributed by atoms with Crippen LogP contribution in [0.1, 0.15) is 0 Å². The summed E-state index contributed by atoms with van der Waals surface area (Å²) in [5, 5.41) is 11.0. The van der Waals surface area contributed by atoms with Gasteiger partial charge in [-0.1, -0.05) is 29.3 Å². The van der Waals surface area contributed by atoms with Crippen molar-refractivity contribution in [3.63, 3.8) is 0 Å². The lowest BCUT2D eigenvalue weighted by atomic mass is 10.3. The molecule has 0 aromatic heterocycles. The van der Waals surface area contributed by atoms with Gasteiger partial charge in [0.2, 0.25) is 0 Å². The van der Waals surface area contributed by atoms with Crippen molar-refractivity contribution in [2.24, 2.45) is 0 Å². The van der Waals surface area contributed by atoms with E-state index in [1.807, 2.05) is 0 Å². The van der Waals surface area contributed by atoms with Gasteiger partial charge in [-0.15, -0.1) is 0 Å². The number of anilines is 1. The Balaban J connectivity index is 2.37. The summed E-state index contributed by atoms with van der Waals surface area (Å²) >= 11 is 11.5. The first-order valence-electron chi connectivity index (χ1n) is 5.51. The number of hydrogen-bond donors (Lipinski definition) is 1. The molecule has 0 atom stereocenters. The molecular formula is C12H8Cl2N2O4S. The van der Waals surface area contributed by atoms with E-state index in [-0.39, 0.29) is 26.3 Å². The van der Waals surface area contributed by atoms with Gasteiger partial charge in [0, 0.05) is 22.2 Å². The maximum atomic E-state index is 12.2. The van der Waals surface area contributed by atoms with Crippen molar-refractivity contribution < 1.29 is 13.3 Å². The van der Waals surface area contributed by atoms with Crippen LogP contribution in [0.4, 0.5) is 11.4 Å². The number of nitrogens with one attached hydrogen (secondary N) is 1. The van der Waals surface area contributed by atoms with E-state index in [1.54, 1.807) is 0 Å². The number of non-ortho nitro benzene ring substituents is 1. The van der Waals surface area contributed by atoms with Crippen LogP contribution in [-0.4, -0.2) is 13.3 Å². The Kier molecular flexibility index (Phi) is 4.36. The molecule has 0 aliphatic rings. The van der Waals surface area contributed by atoms with Crippen molar-refractivity contribution in [2.45, 2.75) is 4.90 Å². The summed E-state index contributed by atoms with van der Waals surface area (Å²) in [6, 6.07) is 9.01. The highest BCUT2D eigenvalue weighted by Gasteiger charge is 2.17. The second kappa shape index (κ2) is 5.88. The van der Waals surface area contributed by atoms with Crippen molar-refractivity contribution >= 4 is 44.6 Å². The molecule has 2 rings (SSSR count). The van der Waals surface area contributed by atoms with E-state index < -0.39 is 14.9 Å². The number of rotatable bonds is 4. The van der Waals surface area contributed by atoms with Crippen LogP contribution < -0.4 is 4.72 Å². The fourth-order valence-corrected chi connectivity index (χ4v) is 3.36. The Morgan fingerprint density at radius 2 is 1.67 bits per heavy atom. The summed E-state index contributed by atoms with van der Waals surface area (Å²) < 4.78 is 26.6. The fraction of sp³-hybridized carbons (Fsp3) is 0. The first-order valence-corrected chi connectivity index (χ1v) is 7.75. The van der Waals surface area contributed by atoms with Crippen LogP contribution in [0.5, 0.6) is 0 Å². The van der Waals surface area contributed by atoms with Crippen LogP contribution in [0, 0.1) is 10.1 Å². The number of nitrogens with zero attached hydrogens (tertiary/aromatic N) is 1. The second-order valence-corrected chi connectivity index (χ2v) is 6.57. The zero-order valence-electron chi connectivity index (χ0n) is 10.3. The minimum Gasteiger partial charge on any atom is -0.279 e. The number of sulfonamides is 1. The largest absolute Gasteiger partial charge is 0.279 e. The molecule has 2 aromatic rings. The lowest BCUT2D eigenvalue weighted by Crippen LogP contribution is -2.13. The molecule has 0 saturated heterocycles. The van der Waals surface area contributed by atoms with Crippen molar-refractivity contribution in [3.05, 3.63) is 62.6 Å². The Morgan fingerprint density at radius 3 is 2.24 bits per heavy atom. The minimum absolute atomic E-state index is 0.0697. The molecule has 0 heterocycles. The maximum Gasteiger partial charge on any atom is 0.271 e. The molecule has 9 heteroatoms. The molecule has 21 heavy (non-hydrogen) atoms. The van der Waals surface area contributed by atoms with E-state index in [0.717, 1.165) is 6.07 Å². The Labute approximate surface area is 130 Å². The van der Waals surface area contributed by atoms with Gasteiger partial charge in [-0.25, -0.2) is 8.42 Å². The Hall–Kier alpha value is -1.83. The van der Waals surface area contributed by atoms with Crippen LogP contribution in [-0.2, 0) is 10.0 Å². The van der Waals surface area contributed by atoms with E-state index in [1.165, 1.54) is 36.4 Å². The smallest absolute Gasteiger partial charge is 0.271 e. The maximum absolute atomic E-state index is 12.2. The van der Waals surface area contributed by atoms with Gasteiger partial charge in [-0.05, 0) is 24.3 Å². The summed E-state index contributed by atoms with van der Waals surface area (Å²) in [6.07, 6.45) is 0. The minimum atomic E-state index is -3.94. The molecule has 6 nitrogen and oxygen atoms in total. The molecule has 110 valence electrons. The number of nitro groups is 1. The molecule has 0 fully saturated rings. The van der Waals surface area contributed by atoms with Crippen molar-refractivity contribution in [2.75, 3.05) is 4.72 Å². The fourth-order valence-electron chi connectivity index (χ4n) is 1.58. The molecule has 0 aliphatic carbocycles. The zero-order chi connectivity index (χ0) is 15.6. The number of nitro benzene ring substituents is 1. The first-order chi connectivity index (χ1) is 9.78. The van der Waals surface area contributed by atoms with Gasteiger partial charge in [0.05, 0.1) is 15.5 Å². The highest BCUT2D eigenvalue weighted by atomic mass is 35.5. The van der Waals surface area contributed by atoms with Crippen LogP contribution in [0.3, 0.4) is 0 Å². The lowest BCUT2D eigenvalue weighted by Gasteiger charge is -2.08. The monoisotopic (exact) mass is 346 g/mol. The molecular weight excluding hydrogens is 339 g/mol. The van der Waals surface area contributed by atoms with Crippen molar-refractivity contribution in [1.29, 1.82) is 0 Å². The van der Waals surface area contributed by atoms with E-state index >= 15 is 0 Å². The van der Waals surface area contributed by atoms with E-state index in [0.29, 0.717) is 0 Å². The van der Waals surface area contributed by atoms with E-state index in [2.05, 4.69) is 4.72 Å². The topological polar surface area (TPSA) is 89.3 Å². The highest BCUT2D eigenvalue weighted by molar-refractivity contribution is 7.92. The van der Waals surface area contributed by atoms with Gasteiger partial charge in [0.15, 0.2) is 0 Å². The molecule has 0 amide bonds. The Bertz CT molecular complexity index is 788. The molecule has 2 aromatic carbocycles. The van der Waals surface area contributed by atoms with E-state index in [9.17, 15) is 18.5 Å². The molecule has 0 aliphatic heterocycles. The average Bonchev–Trinajstić information content (AvgIpc) is 2.37. The summed E-state index contributed by atoms with van der Waals surface area (Å²) in [6.45, 7) is 0. The van der Waals surface area contributed by atoms with Crippen LogP contribution in [0.15, 0.2) is 47.4 Å². The van der Waals surface area contributed by atoms with Crippen LogP contribution in [0.2, 0.25) is 10.0 Å². The summed E-state index contributed by atoms with van der Waals surface area (Å²) in [7, 11) is -3.94. The second-order valence-electron chi connectivity index (χ2n) is 4.02. The number of halogens is 2. The quantitative estimate of drug-likeness (QED) is 0.674.